The lowest BCUT2D eigenvalue weighted by Gasteiger charge is -2.15. The van der Waals surface area contributed by atoms with Crippen molar-refractivity contribution in [3.05, 3.63) is 6.33 Å². The number of aliphatic carboxylic acids is 1. The molecule has 0 spiro atoms. The number of rotatable bonds is 2. The van der Waals surface area contributed by atoms with Gasteiger partial charge >= 0.3 is 5.97 Å². The second-order valence-electron chi connectivity index (χ2n) is 3.96. The van der Waals surface area contributed by atoms with Gasteiger partial charge in [0.15, 0.2) is 11.3 Å². The number of hydrogen-bond acceptors (Lipinski definition) is 6. The Morgan fingerprint density at radius 2 is 2.35 bits per heavy atom. The molecule has 0 radical (unpaired) electrons. The van der Waals surface area contributed by atoms with Crippen molar-refractivity contribution in [2.24, 2.45) is 5.92 Å². The molecule has 8 heteroatoms. The Morgan fingerprint density at radius 3 is 3.12 bits per heavy atom. The summed E-state index contributed by atoms with van der Waals surface area (Å²) in [6.45, 7) is 1.12. The predicted octanol–water partition coefficient (Wildman–Crippen LogP) is -0.341. The molecule has 0 aromatic carbocycles. The molecule has 1 aliphatic heterocycles. The highest BCUT2D eigenvalue weighted by molar-refractivity contribution is 5.82. The SMILES string of the molecule is O=C(O)[C@@H]1CCN(c2ncnc3n[nH]nc23)C1. The molecule has 0 unspecified atom stereocenters. The number of carboxylic acids is 1. The van der Waals surface area contributed by atoms with Gasteiger partial charge in [0.2, 0.25) is 5.65 Å². The largest absolute Gasteiger partial charge is 0.481 e. The topological polar surface area (TPSA) is 108 Å². The Morgan fingerprint density at radius 1 is 1.47 bits per heavy atom. The van der Waals surface area contributed by atoms with Gasteiger partial charge in [0.05, 0.1) is 5.92 Å². The lowest BCUT2D eigenvalue weighted by molar-refractivity contribution is -0.140. The molecule has 2 aromatic heterocycles. The standard InChI is InChI=1S/C9H10N6O2/c16-9(17)5-1-2-15(3-5)8-6-7(10-4-11-8)13-14-12-6/h4-5H,1-3H2,(H,16,17)(H,10,11,12,13,14)/t5-/m1/s1. The highest BCUT2D eigenvalue weighted by Crippen LogP contribution is 2.25. The number of aromatic nitrogens is 5. The average Bonchev–Trinajstić information content (AvgIpc) is 2.97. The third-order valence-corrected chi connectivity index (χ3v) is 2.94. The number of anilines is 1. The Balaban J connectivity index is 1.95. The van der Waals surface area contributed by atoms with Crippen LogP contribution in [0, 0.1) is 5.92 Å². The van der Waals surface area contributed by atoms with Gasteiger partial charge in [0.25, 0.3) is 0 Å². The van der Waals surface area contributed by atoms with Crippen LogP contribution < -0.4 is 4.90 Å². The van der Waals surface area contributed by atoms with E-state index in [0.29, 0.717) is 36.5 Å². The molecular weight excluding hydrogens is 224 g/mol. The first-order valence-corrected chi connectivity index (χ1v) is 5.25. The second kappa shape index (κ2) is 3.65. The summed E-state index contributed by atoms with van der Waals surface area (Å²) in [7, 11) is 0. The molecule has 8 nitrogen and oxygen atoms in total. The van der Waals surface area contributed by atoms with Crippen molar-refractivity contribution in [1.82, 2.24) is 25.4 Å². The molecule has 3 rings (SSSR count). The van der Waals surface area contributed by atoms with E-state index < -0.39 is 5.97 Å². The molecule has 3 heterocycles. The summed E-state index contributed by atoms with van der Waals surface area (Å²) in [5.41, 5.74) is 1.08. The number of nitrogens with one attached hydrogen (secondary N) is 1. The van der Waals surface area contributed by atoms with Crippen LogP contribution in [0.3, 0.4) is 0 Å². The first-order valence-electron chi connectivity index (χ1n) is 5.25. The van der Waals surface area contributed by atoms with Gasteiger partial charge < -0.3 is 10.0 Å². The van der Waals surface area contributed by atoms with E-state index in [9.17, 15) is 4.79 Å². The van der Waals surface area contributed by atoms with Gasteiger partial charge in [-0.25, -0.2) is 9.97 Å². The minimum atomic E-state index is -0.766. The van der Waals surface area contributed by atoms with Gasteiger partial charge in [-0.1, -0.05) is 0 Å². The summed E-state index contributed by atoms with van der Waals surface area (Å²) < 4.78 is 0. The van der Waals surface area contributed by atoms with E-state index in [1.54, 1.807) is 0 Å². The maximum Gasteiger partial charge on any atom is 0.308 e. The quantitative estimate of drug-likeness (QED) is 0.731. The molecule has 17 heavy (non-hydrogen) atoms. The summed E-state index contributed by atoms with van der Waals surface area (Å²) in [5, 5.41) is 19.3. The molecule has 2 aromatic rings. The van der Waals surface area contributed by atoms with Gasteiger partial charge in [-0.3, -0.25) is 4.79 Å². The average molecular weight is 234 g/mol. The van der Waals surface area contributed by atoms with Gasteiger partial charge in [0, 0.05) is 13.1 Å². The summed E-state index contributed by atoms with van der Waals surface area (Å²) in [4.78, 5) is 20.9. The van der Waals surface area contributed by atoms with Crippen molar-refractivity contribution in [2.45, 2.75) is 6.42 Å². The lowest BCUT2D eigenvalue weighted by atomic mass is 10.1. The van der Waals surface area contributed by atoms with Crippen LogP contribution in [0.2, 0.25) is 0 Å². The fourth-order valence-corrected chi connectivity index (χ4v) is 2.05. The van der Waals surface area contributed by atoms with Crippen molar-refractivity contribution in [2.75, 3.05) is 18.0 Å². The molecule has 2 N–H and O–H groups in total. The number of carbonyl (C=O) groups is 1. The smallest absolute Gasteiger partial charge is 0.308 e. The Bertz CT molecular complexity index is 567. The molecule has 1 atom stereocenters. The second-order valence-corrected chi connectivity index (χ2v) is 3.96. The van der Waals surface area contributed by atoms with Crippen molar-refractivity contribution in [3.63, 3.8) is 0 Å². The van der Waals surface area contributed by atoms with Crippen LogP contribution >= 0.6 is 0 Å². The summed E-state index contributed by atoms with van der Waals surface area (Å²) in [6, 6.07) is 0. The third kappa shape index (κ3) is 1.57. The Hall–Kier alpha value is -2.25. The molecule has 1 fully saturated rings. The molecule has 0 saturated carbocycles. The number of H-pyrrole nitrogens is 1. The van der Waals surface area contributed by atoms with Crippen molar-refractivity contribution >= 4 is 23.0 Å². The Labute approximate surface area is 95.7 Å². The maximum absolute atomic E-state index is 10.9. The van der Waals surface area contributed by atoms with Gasteiger partial charge in [-0.15, -0.1) is 5.10 Å². The van der Waals surface area contributed by atoms with Crippen LogP contribution in [-0.2, 0) is 4.79 Å². The fraction of sp³-hybridized carbons (Fsp3) is 0.444. The van der Waals surface area contributed by atoms with E-state index >= 15 is 0 Å². The normalized spacial score (nSPS) is 20.0. The number of nitrogens with zero attached hydrogens (tertiary/aromatic N) is 5. The molecule has 1 aliphatic rings. The van der Waals surface area contributed by atoms with Gasteiger partial charge in [-0.2, -0.15) is 10.3 Å². The van der Waals surface area contributed by atoms with E-state index in [4.69, 9.17) is 5.11 Å². The third-order valence-electron chi connectivity index (χ3n) is 2.94. The predicted molar refractivity (Wildman–Crippen MR) is 57.4 cm³/mol. The summed E-state index contributed by atoms with van der Waals surface area (Å²) in [5.74, 6) is -0.461. The van der Waals surface area contributed by atoms with E-state index in [2.05, 4.69) is 25.4 Å². The highest BCUT2D eigenvalue weighted by atomic mass is 16.4. The number of fused-ring (bicyclic) bond motifs is 1. The van der Waals surface area contributed by atoms with Crippen LogP contribution in [-0.4, -0.2) is 49.5 Å². The minimum absolute atomic E-state index is 0.341. The van der Waals surface area contributed by atoms with E-state index in [1.807, 2.05) is 4.90 Å². The molecule has 88 valence electrons. The van der Waals surface area contributed by atoms with Crippen molar-refractivity contribution in [3.8, 4) is 0 Å². The highest BCUT2D eigenvalue weighted by Gasteiger charge is 2.30. The zero-order valence-electron chi connectivity index (χ0n) is 8.87. The molecule has 0 aliphatic carbocycles. The molecule has 0 amide bonds. The van der Waals surface area contributed by atoms with Crippen LogP contribution in [0.4, 0.5) is 5.82 Å². The van der Waals surface area contributed by atoms with Crippen LogP contribution in [0.25, 0.3) is 11.2 Å². The minimum Gasteiger partial charge on any atom is -0.481 e. The van der Waals surface area contributed by atoms with Crippen molar-refractivity contribution < 1.29 is 9.90 Å². The van der Waals surface area contributed by atoms with Gasteiger partial charge in [-0.05, 0) is 6.42 Å². The molecule has 1 saturated heterocycles. The maximum atomic E-state index is 10.9. The van der Waals surface area contributed by atoms with Gasteiger partial charge in [0.1, 0.15) is 6.33 Å². The monoisotopic (exact) mass is 234 g/mol. The van der Waals surface area contributed by atoms with Crippen LogP contribution in [0.15, 0.2) is 6.33 Å². The number of aromatic amines is 1. The van der Waals surface area contributed by atoms with E-state index in [0.717, 1.165) is 0 Å². The van der Waals surface area contributed by atoms with Crippen LogP contribution in [0.5, 0.6) is 0 Å². The van der Waals surface area contributed by atoms with Crippen LogP contribution in [0.1, 0.15) is 6.42 Å². The zero-order chi connectivity index (χ0) is 11.8. The first kappa shape index (κ1) is 9.94. The van der Waals surface area contributed by atoms with E-state index in [-0.39, 0.29) is 5.92 Å². The zero-order valence-corrected chi connectivity index (χ0v) is 8.87. The number of hydrogen-bond donors (Lipinski definition) is 2. The van der Waals surface area contributed by atoms with E-state index in [1.165, 1.54) is 6.33 Å². The first-order chi connectivity index (χ1) is 8.25. The Kier molecular flexibility index (Phi) is 2.13. The summed E-state index contributed by atoms with van der Waals surface area (Å²) >= 11 is 0. The fourth-order valence-electron chi connectivity index (χ4n) is 2.05. The number of carboxylic acid groups (broad SMARTS) is 1. The summed E-state index contributed by atoms with van der Waals surface area (Å²) in [6.07, 6.45) is 2.03. The molecule has 0 bridgehead atoms. The van der Waals surface area contributed by atoms with Crippen molar-refractivity contribution in [1.29, 1.82) is 0 Å². The molecular formula is C9H10N6O2. The lowest BCUT2D eigenvalue weighted by Crippen LogP contribution is -2.23.